The maximum atomic E-state index is 13.2. The third kappa shape index (κ3) is 4.17. The zero-order chi connectivity index (χ0) is 22.2. The zero-order valence-electron chi connectivity index (χ0n) is 17.2. The van der Waals surface area contributed by atoms with Crippen LogP contribution in [0.2, 0.25) is 0 Å². The van der Waals surface area contributed by atoms with Gasteiger partial charge in [0.15, 0.2) is 5.69 Å². The first-order chi connectivity index (χ1) is 14.8. The van der Waals surface area contributed by atoms with E-state index in [1.54, 1.807) is 35.9 Å². The minimum Gasteiger partial charge on any atom is -0.461 e. The maximum Gasteiger partial charge on any atom is 0.359 e. The molecular weight excluding hydrogens is 482 g/mol. The van der Waals surface area contributed by atoms with Gasteiger partial charge in [0.05, 0.1) is 22.9 Å². The van der Waals surface area contributed by atoms with E-state index in [2.05, 4.69) is 21.0 Å². The van der Waals surface area contributed by atoms with Crippen molar-refractivity contribution in [2.45, 2.75) is 31.7 Å². The Morgan fingerprint density at radius 2 is 1.81 bits per heavy atom. The molecular formula is C22H22BrN3O4S. The number of carbonyl (C=O) groups is 1. The number of aryl methyl sites for hydroxylation is 1. The summed E-state index contributed by atoms with van der Waals surface area (Å²) in [7, 11) is -3.71. The van der Waals surface area contributed by atoms with E-state index in [0.717, 1.165) is 21.4 Å². The third-order valence-corrected chi connectivity index (χ3v) is 7.61. The number of fused-ring (bicyclic) bond motifs is 1. The number of halogens is 1. The van der Waals surface area contributed by atoms with Gasteiger partial charge in [-0.1, -0.05) is 33.6 Å². The molecule has 0 fully saturated rings. The van der Waals surface area contributed by atoms with Gasteiger partial charge >= 0.3 is 5.97 Å². The van der Waals surface area contributed by atoms with Crippen molar-refractivity contribution in [1.29, 1.82) is 0 Å². The summed E-state index contributed by atoms with van der Waals surface area (Å²) in [6.07, 6.45) is 0.436. The lowest BCUT2D eigenvalue weighted by atomic mass is 10.1. The molecule has 1 aliphatic rings. The van der Waals surface area contributed by atoms with Gasteiger partial charge in [-0.3, -0.25) is 0 Å². The van der Waals surface area contributed by atoms with Crippen LogP contribution in [0.15, 0.2) is 57.9 Å². The molecule has 0 amide bonds. The molecule has 0 saturated heterocycles. The Bertz CT molecular complexity index is 1220. The summed E-state index contributed by atoms with van der Waals surface area (Å²) in [6.45, 7) is 4.30. The predicted octanol–water partition coefficient (Wildman–Crippen LogP) is 3.87. The highest BCUT2D eigenvalue weighted by Crippen LogP contribution is 2.30. The predicted molar refractivity (Wildman–Crippen MR) is 120 cm³/mol. The lowest BCUT2D eigenvalue weighted by Crippen LogP contribution is -2.36. The van der Waals surface area contributed by atoms with Crippen molar-refractivity contribution >= 4 is 31.9 Å². The van der Waals surface area contributed by atoms with Crippen LogP contribution in [-0.2, 0) is 27.7 Å². The molecule has 1 aliphatic heterocycles. The molecule has 2 aromatic carbocycles. The van der Waals surface area contributed by atoms with Gasteiger partial charge in [-0.2, -0.15) is 9.40 Å². The standard InChI is InChI=1S/C22H22BrN3O4S/c1-3-30-22(27)21-19-14-25(31(28,29)18-10-6-16(23)7-11-18)13-12-20(19)26(24-21)17-8-4-15(2)5-9-17/h4-11H,3,12-14H2,1-2H3. The Labute approximate surface area is 189 Å². The van der Waals surface area contributed by atoms with Crippen LogP contribution in [0.1, 0.15) is 34.2 Å². The summed E-state index contributed by atoms with van der Waals surface area (Å²) in [5, 5.41) is 4.53. The molecule has 0 bridgehead atoms. The number of esters is 1. The lowest BCUT2D eigenvalue weighted by molar-refractivity contribution is 0.0517. The van der Waals surface area contributed by atoms with E-state index >= 15 is 0 Å². The molecule has 0 radical (unpaired) electrons. The summed E-state index contributed by atoms with van der Waals surface area (Å²) in [5.74, 6) is -0.549. The van der Waals surface area contributed by atoms with E-state index in [1.807, 2.05) is 31.2 Å². The Kier molecular flexibility index (Phi) is 6.00. The molecule has 3 aromatic rings. The molecule has 9 heteroatoms. The molecule has 31 heavy (non-hydrogen) atoms. The minimum atomic E-state index is -3.71. The average molecular weight is 504 g/mol. The summed E-state index contributed by atoms with van der Waals surface area (Å²) in [5.41, 5.74) is 3.51. The van der Waals surface area contributed by atoms with Crippen LogP contribution < -0.4 is 0 Å². The molecule has 1 aromatic heterocycles. The van der Waals surface area contributed by atoms with E-state index in [0.29, 0.717) is 18.5 Å². The summed E-state index contributed by atoms with van der Waals surface area (Å²) >= 11 is 3.33. The summed E-state index contributed by atoms with van der Waals surface area (Å²) < 4.78 is 35.5. The molecule has 4 rings (SSSR count). The largest absolute Gasteiger partial charge is 0.461 e. The van der Waals surface area contributed by atoms with E-state index in [9.17, 15) is 13.2 Å². The van der Waals surface area contributed by atoms with Crippen LogP contribution in [0.4, 0.5) is 0 Å². The van der Waals surface area contributed by atoms with Crippen molar-refractivity contribution < 1.29 is 17.9 Å². The second-order valence-electron chi connectivity index (χ2n) is 7.28. The average Bonchev–Trinajstić information content (AvgIpc) is 3.14. The maximum absolute atomic E-state index is 13.2. The Morgan fingerprint density at radius 1 is 1.13 bits per heavy atom. The fourth-order valence-electron chi connectivity index (χ4n) is 3.62. The van der Waals surface area contributed by atoms with Crippen molar-refractivity contribution in [1.82, 2.24) is 14.1 Å². The molecule has 2 heterocycles. The van der Waals surface area contributed by atoms with Gasteiger partial charge in [0, 0.05) is 29.5 Å². The highest BCUT2D eigenvalue weighted by Gasteiger charge is 2.34. The van der Waals surface area contributed by atoms with Crippen molar-refractivity contribution in [2.75, 3.05) is 13.2 Å². The lowest BCUT2D eigenvalue weighted by Gasteiger charge is -2.27. The fraction of sp³-hybridized carbons (Fsp3) is 0.273. The number of hydrogen-bond acceptors (Lipinski definition) is 5. The van der Waals surface area contributed by atoms with Gasteiger partial charge in [0.1, 0.15) is 0 Å². The normalized spacial score (nSPS) is 14.3. The number of benzene rings is 2. The topological polar surface area (TPSA) is 81.5 Å². The highest BCUT2D eigenvalue weighted by molar-refractivity contribution is 9.10. The molecule has 0 atom stereocenters. The van der Waals surface area contributed by atoms with Gasteiger partial charge in [-0.05, 0) is 50.2 Å². The van der Waals surface area contributed by atoms with Crippen LogP contribution in [0.3, 0.4) is 0 Å². The summed E-state index contributed by atoms with van der Waals surface area (Å²) in [6, 6.07) is 14.3. The van der Waals surface area contributed by atoms with Gasteiger partial charge in [0.2, 0.25) is 10.0 Å². The van der Waals surface area contributed by atoms with Crippen LogP contribution in [-0.4, -0.2) is 41.6 Å². The zero-order valence-corrected chi connectivity index (χ0v) is 19.6. The van der Waals surface area contributed by atoms with E-state index in [-0.39, 0.29) is 23.7 Å². The van der Waals surface area contributed by atoms with Gasteiger partial charge in [0.25, 0.3) is 0 Å². The highest BCUT2D eigenvalue weighted by atomic mass is 79.9. The number of ether oxygens (including phenoxy) is 1. The molecule has 0 saturated carbocycles. The Morgan fingerprint density at radius 3 is 2.45 bits per heavy atom. The molecule has 7 nitrogen and oxygen atoms in total. The Hall–Kier alpha value is -2.49. The minimum absolute atomic E-state index is 0.0632. The second kappa shape index (κ2) is 8.57. The van der Waals surface area contributed by atoms with Gasteiger partial charge in [-0.15, -0.1) is 0 Å². The Balaban J connectivity index is 1.76. The smallest absolute Gasteiger partial charge is 0.359 e. The molecule has 0 unspecified atom stereocenters. The van der Waals surface area contributed by atoms with E-state index in [1.165, 1.54) is 4.31 Å². The molecule has 0 spiro atoms. The number of carbonyl (C=O) groups excluding carboxylic acids is 1. The first kappa shape index (κ1) is 21.7. The number of aromatic nitrogens is 2. The van der Waals surface area contributed by atoms with Crippen molar-refractivity contribution in [3.05, 3.63) is 75.5 Å². The van der Waals surface area contributed by atoms with Crippen molar-refractivity contribution in [2.24, 2.45) is 0 Å². The van der Waals surface area contributed by atoms with E-state index < -0.39 is 16.0 Å². The summed E-state index contributed by atoms with van der Waals surface area (Å²) in [4.78, 5) is 12.8. The number of sulfonamides is 1. The van der Waals surface area contributed by atoms with Crippen molar-refractivity contribution in [3.63, 3.8) is 0 Å². The number of nitrogens with zero attached hydrogens (tertiary/aromatic N) is 3. The molecule has 0 N–H and O–H groups in total. The SMILES string of the molecule is CCOC(=O)c1nn(-c2ccc(C)cc2)c2c1CN(S(=O)(=O)c1ccc(Br)cc1)CC2. The fourth-order valence-corrected chi connectivity index (χ4v) is 5.29. The van der Waals surface area contributed by atoms with Crippen LogP contribution >= 0.6 is 15.9 Å². The number of rotatable bonds is 5. The van der Waals surface area contributed by atoms with Crippen LogP contribution in [0.5, 0.6) is 0 Å². The van der Waals surface area contributed by atoms with Gasteiger partial charge < -0.3 is 4.74 Å². The van der Waals surface area contributed by atoms with Crippen LogP contribution in [0.25, 0.3) is 5.69 Å². The molecule has 0 aliphatic carbocycles. The van der Waals surface area contributed by atoms with Crippen molar-refractivity contribution in [3.8, 4) is 5.69 Å². The second-order valence-corrected chi connectivity index (χ2v) is 10.1. The quantitative estimate of drug-likeness (QED) is 0.493. The first-order valence-corrected chi connectivity index (χ1v) is 12.1. The van der Waals surface area contributed by atoms with Crippen LogP contribution in [0, 0.1) is 6.92 Å². The third-order valence-electron chi connectivity index (χ3n) is 5.22. The number of hydrogen-bond donors (Lipinski definition) is 0. The van der Waals surface area contributed by atoms with Gasteiger partial charge in [-0.25, -0.2) is 17.9 Å². The van der Waals surface area contributed by atoms with E-state index in [4.69, 9.17) is 4.74 Å². The molecule has 162 valence electrons. The first-order valence-electron chi connectivity index (χ1n) is 9.92. The monoisotopic (exact) mass is 503 g/mol.